The van der Waals surface area contributed by atoms with E-state index in [1.165, 1.54) is 7.11 Å². The minimum atomic E-state index is -1.22. The minimum Gasteiger partial charge on any atom is -0.468 e. The van der Waals surface area contributed by atoms with Crippen molar-refractivity contribution in [1.82, 2.24) is 0 Å². The molecule has 3 rings (SSSR count). The third-order valence-electron chi connectivity index (χ3n) is 6.41. The number of fused-ring (bicyclic) bond motifs is 3. The summed E-state index contributed by atoms with van der Waals surface area (Å²) in [6.45, 7) is 4.08. The molecule has 0 aromatic rings. The van der Waals surface area contributed by atoms with Crippen molar-refractivity contribution < 1.29 is 24.2 Å². The van der Waals surface area contributed by atoms with Gasteiger partial charge in [-0.3, -0.25) is 9.59 Å². The van der Waals surface area contributed by atoms with Crippen LogP contribution in [0.5, 0.6) is 0 Å². The molecule has 1 N–H and O–H groups in total. The molecule has 3 fully saturated rings. The lowest BCUT2D eigenvalue weighted by molar-refractivity contribution is -0.217. The van der Waals surface area contributed by atoms with Gasteiger partial charge in [-0.15, -0.1) is 0 Å². The first-order valence-electron chi connectivity index (χ1n) is 7.31. The highest BCUT2D eigenvalue weighted by molar-refractivity contribution is 5.83. The fraction of sp³-hybridized carbons (Fsp3) is 0.867. The molecule has 20 heavy (non-hydrogen) atoms. The van der Waals surface area contributed by atoms with Crippen LogP contribution in [-0.4, -0.2) is 36.4 Å². The van der Waals surface area contributed by atoms with E-state index in [-0.39, 0.29) is 30.4 Å². The van der Waals surface area contributed by atoms with Crippen LogP contribution in [0.25, 0.3) is 0 Å². The molecule has 5 nitrogen and oxygen atoms in total. The summed E-state index contributed by atoms with van der Waals surface area (Å²) in [5, 5.41) is 11.4. The fourth-order valence-corrected chi connectivity index (χ4v) is 5.10. The molecule has 0 bridgehead atoms. The molecule has 0 aromatic heterocycles. The van der Waals surface area contributed by atoms with Gasteiger partial charge in [-0.2, -0.15) is 0 Å². The van der Waals surface area contributed by atoms with Gasteiger partial charge < -0.3 is 14.6 Å². The Kier molecular flexibility index (Phi) is 2.75. The van der Waals surface area contributed by atoms with Gasteiger partial charge in [0, 0.05) is 5.41 Å². The predicted octanol–water partition coefficient (Wildman–Crippen LogP) is 1.28. The zero-order valence-corrected chi connectivity index (χ0v) is 12.3. The molecule has 5 atom stereocenters. The van der Waals surface area contributed by atoms with Crippen LogP contribution in [0, 0.1) is 22.7 Å². The second-order valence-corrected chi connectivity index (χ2v) is 6.88. The summed E-state index contributed by atoms with van der Waals surface area (Å²) < 4.78 is 10.2. The number of carbonyl (C=O) groups excluding carboxylic acids is 2. The number of rotatable bonds is 1. The molecule has 2 aliphatic carbocycles. The molecule has 0 spiro atoms. The highest BCUT2D eigenvalue weighted by Gasteiger charge is 2.76. The molecule has 0 aromatic carbocycles. The fourth-order valence-electron chi connectivity index (χ4n) is 5.10. The minimum absolute atomic E-state index is 0.0495. The third kappa shape index (κ3) is 1.23. The molecule has 1 heterocycles. The van der Waals surface area contributed by atoms with Gasteiger partial charge in [0.2, 0.25) is 0 Å². The van der Waals surface area contributed by atoms with Crippen molar-refractivity contribution in [3.8, 4) is 0 Å². The zero-order valence-electron chi connectivity index (χ0n) is 12.3. The average molecular weight is 282 g/mol. The molecule has 0 unspecified atom stereocenters. The van der Waals surface area contributed by atoms with Crippen LogP contribution < -0.4 is 0 Å². The van der Waals surface area contributed by atoms with Gasteiger partial charge in [-0.1, -0.05) is 13.8 Å². The Hall–Kier alpha value is -1.10. The van der Waals surface area contributed by atoms with Crippen LogP contribution in [0.2, 0.25) is 0 Å². The van der Waals surface area contributed by atoms with Crippen molar-refractivity contribution in [2.75, 3.05) is 13.7 Å². The molecular weight excluding hydrogens is 260 g/mol. The van der Waals surface area contributed by atoms with Gasteiger partial charge in [0.15, 0.2) is 0 Å². The first-order chi connectivity index (χ1) is 9.33. The van der Waals surface area contributed by atoms with Gasteiger partial charge >= 0.3 is 11.9 Å². The predicted molar refractivity (Wildman–Crippen MR) is 69.6 cm³/mol. The van der Waals surface area contributed by atoms with Gasteiger partial charge in [-0.05, 0) is 31.6 Å². The number of cyclic esters (lactones) is 1. The number of hydrogen-bond acceptors (Lipinski definition) is 5. The van der Waals surface area contributed by atoms with E-state index in [1.807, 2.05) is 13.8 Å². The summed E-state index contributed by atoms with van der Waals surface area (Å²) in [6, 6.07) is 0. The van der Waals surface area contributed by atoms with E-state index in [9.17, 15) is 14.7 Å². The van der Waals surface area contributed by atoms with Crippen molar-refractivity contribution in [2.24, 2.45) is 22.7 Å². The Labute approximate surface area is 118 Å². The highest BCUT2D eigenvalue weighted by atomic mass is 16.5. The maximum absolute atomic E-state index is 12.5. The second kappa shape index (κ2) is 3.97. The summed E-state index contributed by atoms with van der Waals surface area (Å²) in [5.41, 5.74) is -2.82. The van der Waals surface area contributed by atoms with Gasteiger partial charge in [0.05, 0.1) is 24.0 Å². The number of hydrogen-bond donors (Lipinski definition) is 1. The van der Waals surface area contributed by atoms with E-state index in [1.54, 1.807) is 0 Å². The van der Waals surface area contributed by atoms with Gasteiger partial charge in [0.25, 0.3) is 0 Å². The lowest BCUT2D eigenvalue weighted by Gasteiger charge is -2.55. The summed E-state index contributed by atoms with van der Waals surface area (Å²) in [4.78, 5) is 24.4. The average Bonchev–Trinajstić information content (AvgIpc) is 2.88. The van der Waals surface area contributed by atoms with Crippen LogP contribution in [0.4, 0.5) is 0 Å². The van der Waals surface area contributed by atoms with Crippen LogP contribution in [-0.2, 0) is 19.1 Å². The van der Waals surface area contributed by atoms with Crippen LogP contribution in [0.3, 0.4) is 0 Å². The number of esters is 2. The summed E-state index contributed by atoms with van der Waals surface area (Å²) >= 11 is 0. The molecule has 2 saturated carbocycles. The number of ether oxygens (including phenoxy) is 2. The summed E-state index contributed by atoms with van der Waals surface area (Å²) in [5.74, 6) is -0.841. The topological polar surface area (TPSA) is 72.8 Å². The van der Waals surface area contributed by atoms with Crippen molar-refractivity contribution in [1.29, 1.82) is 0 Å². The Bertz CT molecular complexity index is 475. The van der Waals surface area contributed by atoms with E-state index in [2.05, 4.69) is 0 Å². The normalized spacial score (nSPS) is 50.3. The Morgan fingerprint density at radius 2 is 2.10 bits per heavy atom. The standard InChI is InChI=1S/C15H22O5/c1-9-4-7-15(18)13(2)8-20-11(16)10(13)5-6-14(9,15)12(17)19-3/h9-10,18H,4-8H2,1-3H3/t9-,10+,13-,14+,15-/m1/s1. The maximum atomic E-state index is 12.5. The Balaban J connectivity index is 2.15. The van der Waals surface area contributed by atoms with Gasteiger partial charge in [0.1, 0.15) is 6.61 Å². The largest absolute Gasteiger partial charge is 0.468 e. The van der Waals surface area contributed by atoms with E-state index < -0.39 is 16.4 Å². The lowest BCUT2D eigenvalue weighted by atomic mass is 9.49. The van der Waals surface area contributed by atoms with Crippen LogP contribution in [0.15, 0.2) is 0 Å². The summed E-state index contributed by atoms with van der Waals surface area (Å²) in [7, 11) is 1.37. The Morgan fingerprint density at radius 1 is 1.40 bits per heavy atom. The van der Waals surface area contributed by atoms with E-state index >= 15 is 0 Å². The quantitative estimate of drug-likeness (QED) is 0.733. The highest BCUT2D eigenvalue weighted by Crippen LogP contribution is 2.67. The third-order valence-corrected chi connectivity index (χ3v) is 6.41. The van der Waals surface area contributed by atoms with Crippen LogP contribution >= 0.6 is 0 Å². The lowest BCUT2D eigenvalue weighted by Crippen LogP contribution is -2.66. The second-order valence-electron chi connectivity index (χ2n) is 6.88. The molecular formula is C15H22O5. The van der Waals surface area contributed by atoms with Crippen molar-refractivity contribution in [2.45, 2.75) is 45.1 Å². The van der Waals surface area contributed by atoms with Crippen LogP contribution in [0.1, 0.15) is 39.5 Å². The number of carbonyl (C=O) groups is 2. The SMILES string of the molecule is COC(=O)[C@@]12CC[C@H]3C(=O)OC[C@@]3(C)[C@]1(O)CC[C@H]2C. The molecule has 1 saturated heterocycles. The van der Waals surface area contributed by atoms with Crippen molar-refractivity contribution >= 4 is 11.9 Å². The van der Waals surface area contributed by atoms with E-state index in [0.717, 1.165) is 6.42 Å². The molecule has 5 heteroatoms. The molecule has 0 amide bonds. The Morgan fingerprint density at radius 3 is 2.75 bits per heavy atom. The monoisotopic (exact) mass is 282 g/mol. The van der Waals surface area contributed by atoms with Crippen molar-refractivity contribution in [3.63, 3.8) is 0 Å². The van der Waals surface area contributed by atoms with Gasteiger partial charge in [-0.25, -0.2) is 0 Å². The molecule has 3 aliphatic rings. The summed E-state index contributed by atoms with van der Waals surface area (Å²) in [6.07, 6.45) is 2.36. The van der Waals surface area contributed by atoms with E-state index in [0.29, 0.717) is 19.3 Å². The van der Waals surface area contributed by atoms with E-state index in [4.69, 9.17) is 9.47 Å². The van der Waals surface area contributed by atoms with Crippen molar-refractivity contribution in [3.05, 3.63) is 0 Å². The maximum Gasteiger partial charge on any atom is 0.315 e. The number of aliphatic hydroxyl groups is 1. The first kappa shape index (κ1) is 13.9. The smallest absolute Gasteiger partial charge is 0.315 e. The molecule has 1 aliphatic heterocycles. The molecule has 112 valence electrons. The number of methoxy groups -OCH3 is 1. The first-order valence-corrected chi connectivity index (χ1v) is 7.31. The molecule has 0 radical (unpaired) electrons. The zero-order chi connectivity index (χ0) is 14.8.